The van der Waals surface area contributed by atoms with Crippen LogP contribution in [-0.4, -0.2) is 74.5 Å². The fourth-order valence-corrected chi connectivity index (χ4v) is 6.48. The zero-order valence-electron chi connectivity index (χ0n) is 24.1. The molecule has 0 bridgehead atoms. The van der Waals surface area contributed by atoms with Crippen molar-refractivity contribution >= 4 is 22.3 Å². The van der Waals surface area contributed by atoms with Gasteiger partial charge in [-0.15, -0.1) is 0 Å². The Morgan fingerprint density at radius 3 is 2.67 bits per heavy atom. The van der Waals surface area contributed by atoms with Crippen LogP contribution < -0.4 is 14.5 Å². The maximum atomic E-state index is 6.41. The second-order valence-electron chi connectivity index (χ2n) is 12.1. The number of hydrogen-bond acceptors (Lipinski definition) is 7. The molecule has 6 rings (SSSR count). The Hall–Kier alpha value is -2.90. The number of ether oxygens (including phenoxy) is 2. The number of anilines is 2. The molecule has 2 fully saturated rings. The van der Waals surface area contributed by atoms with Gasteiger partial charge < -0.3 is 24.2 Å². The van der Waals surface area contributed by atoms with Crippen LogP contribution >= 0.6 is 0 Å². The average molecular weight is 530 g/mol. The molecule has 1 saturated heterocycles. The van der Waals surface area contributed by atoms with Crippen LogP contribution in [0.15, 0.2) is 36.4 Å². The molecule has 0 N–H and O–H groups in total. The molecule has 7 heteroatoms. The predicted molar refractivity (Wildman–Crippen MR) is 158 cm³/mol. The van der Waals surface area contributed by atoms with Crippen molar-refractivity contribution in [3.05, 3.63) is 53.2 Å². The van der Waals surface area contributed by atoms with Crippen LogP contribution in [0.3, 0.4) is 0 Å². The highest BCUT2D eigenvalue weighted by molar-refractivity contribution is 5.97. The van der Waals surface area contributed by atoms with Gasteiger partial charge in [-0.1, -0.05) is 37.3 Å². The lowest BCUT2D eigenvalue weighted by Crippen LogP contribution is -2.36. The van der Waals surface area contributed by atoms with E-state index in [9.17, 15) is 0 Å². The Kier molecular flexibility index (Phi) is 7.38. The third kappa shape index (κ3) is 5.57. The van der Waals surface area contributed by atoms with Gasteiger partial charge in [-0.3, -0.25) is 0 Å². The van der Waals surface area contributed by atoms with Crippen LogP contribution in [0.25, 0.3) is 10.8 Å². The molecule has 0 amide bonds. The summed E-state index contributed by atoms with van der Waals surface area (Å²) in [5.41, 5.74) is 5.31. The fraction of sp³-hybridized carbons (Fsp3) is 0.562. The number of hydrogen-bond donors (Lipinski definition) is 0. The molecule has 3 aromatic rings. The minimum atomic E-state index is 0.181. The van der Waals surface area contributed by atoms with Crippen molar-refractivity contribution in [3.63, 3.8) is 0 Å². The van der Waals surface area contributed by atoms with Crippen molar-refractivity contribution in [2.24, 2.45) is 5.41 Å². The van der Waals surface area contributed by atoms with Crippen LogP contribution in [-0.2, 0) is 24.1 Å². The van der Waals surface area contributed by atoms with Gasteiger partial charge in [0.05, 0.1) is 24.9 Å². The highest BCUT2D eigenvalue weighted by Gasteiger charge is 2.44. The number of aromatic nitrogens is 2. The quantitative estimate of drug-likeness (QED) is 0.403. The van der Waals surface area contributed by atoms with Crippen molar-refractivity contribution in [2.75, 3.05) is 63.3 Å². The van der Waals surface area contributed by atoms with Crippen molar-refractivity contribution in [3.8, 4) is 6.01 Å². The van der Waals surface area contributed by atoms with E-state index in [0.29, 0.717) is 12.6 Å². The number of benzene rings is 2. The smallest absolute Gasteiger partial charge is 0.318 e. The maximum Gasteiger partial charge on any atom is 0.318 e. The Morgan fingerprint density at radius 1 is 1.08 bits per heavy atom. The van der Waals surface area contributed by atoms with E-state index in [2.05, 4.69) is 79.0 Å². The lowest BCUT2D eigenvalue weighted by Gasteiger charge is -2.34. The van der Waals surface area contributed by atoms with Gasteiger partial charge in [0, 0.05) is 54.8 Å². The van der Waals surface area contributed by atoms with Crippen LogP contribution in [0.2, 0.25) is 0 Å². The lowest BCUT2D eigenvalue weighted by molar-refractivity contribution is 0.0820. The molecule has 0 radical (unpaired) electrons. The second-order valence-corrected chi connectivity index (χ2v) is 12.1. The predicted octanol–water partition coefficient (Wildman–Crippen LogP) is 5.09. The molecule has 3 aliphatic rings. The summed E-state index contributed by atoms with van der Waals surface area (Å²) in [7, 11) is 4.28. The first-order valence-electron chi connectivity index (χ1n) is 14.7. The van der Waals surface area contributed by atoms with Gasteiger partial charge in [0.1, 0.15) is 5.82 Å². The first-order chi connectivity index (χ1) is 18.9. The zero-order valence-corrected chi connectivity index (χ0v) is 24.1. The molecule has 1 unspecified atom stereocenters. The van der Waals surface area contributed by atoms with E-state index in [1.54, 1.807) is 0 Å². The van der Waals surface area contributed by atoms with E-state index in [1.807, 2.05) is 0 Å². The Morgan fingerprint density at radius 2 is 1.90 bits per heavy atom. The maximum absolute atomic E-state index is 6.41. The summed E-state index contributed by atoms with van der Waals surface area (Å²) in [4.78, 5) is 17.3. The molecule has 1 atom stereocenters. The fourth-order valence-electron chi connectivity index (χ4n) is 6.48. The van der Waals surface area contributed by atoms with Gasteiger partial charge in [-0.05, 0) is 70.1 Å². The molecule has 39 heavy (non-hydrogen) atoms. The van der Waals surface area contributed by atoms with Crippen molar-refractivity contribution in [2.45, 2.75) is 58.6 Å². The number of aryl methyl sites for hydroxylation is 1. The van der Waals surface area contributed by atoms with Crippen molar-refractivity contribution < 1.29 is 9.47 Å². The molecular weight excluding hydrogens is 486 g/mol. The summed E-state index contributed by atoms with van der Waals surface area (Å²) >= 11 is 0. The standard InChI is InChI=1S/C32H43N5O2/c1-5-24-9-6-10-25-11-7-12-28(29(24)25)36-17-13-26-27(20-36)33-31(39-22-32(14-15-32)21-35(3)4)34-30(26)37-16-8-18-38-23(2)19-37/h6-7,9-12,23H,5,8,13-22H2,1-4H3. The van der Waals surface area contributed by atoms with Crippen molar-refractivity contribution in [1.82, 2.24) is 14.9 Å². The summed E-state index contributed by atoms with van der Waals surface area (Å²) in [6.45, 7) is 10.4. The van der Waals surface area contributed by atoms with Crippen LogP contribution in [0, 0.1) is 5.41 Å². The Bertz CT molecular complexity index is 1320. The largest absolute Gasteiger partial charge is 0.463 e. The number of fused-ring (bicyclic) bond motifs is 2. The van der Waals surface area contributed by atoms with Gasteiger partial charge in [0.25, 0.3) is 0 Å². The molecule has 1 aliphatic carbocycles. The van der Waals surface area contributed by atoms with Gasteiger partial charge in [-0.2, -0.15) is 9.97 Å². The summed E-state index contributed by atoms with van der Waals surface area (Å²) in [6.07, 6.45) is 5.55. The first-order valence-corrected chi connectivity index (χ1v) is 14.7. The summed E-state index contributed by atoms with van der Waals surface area (Å²) in [5.74, 6) is 1.05. The minimum absolute atomic E-state index is 0.181. The van der Waals surface area contributed by atoms with E-state index in [1.165, 1.54) is 40.4 Å². The molecule has 7 nitrogen and oxygen atoms in total. The molecule has 0 spiro atoms. The van der Waals surface area contributed by atoms with E-state index >= 15 is 0 Å². The van der Waals surface area contributed by atoms with Crippen LogP contribution in [0.5, 0.6) is 6.01 Å². The van der Waals surface area contributed by atoms with E-state index < -0.39 is 0 Å². The summed E-state index contributed by atoms with van der Waals surface area (Å²) in [5, 5.41) is 2.67. The van der Waals surface area contributed by atoms with Crippen LogP contribution in [0.1, 0.15) is 49.9 Å². The lowest BCUT2D eigenvalue weighted by atomic mass is 9.98. The van der Waals surface area contributed by atoms with E-state index in [0.717, 1.165) is 70.1 Å². The Labute approximate surface area is 233 Å². The summed E-state index contributed by atoms with van der Waals surface area (Å²) < 4.78 is 12.4. The Balaban J connectivity index is 1.35. The normalized spacial score (nSPS) is 20.7. The van der Waals surface area contributed by atoms with E-state index in [4.69, 9.17) is 19.4 Å². The molecule has 1 aromatic heterocycles. The first kappa shape index (κ1) is 26.3. The summed E-state index contributed by atoms with van der Waals surface area (Å²) in [6, 6.07) is 13.9. The van der Waals surface area contributed by atoms with E-state index in [-0.39, 0.29) is 11.5 Å². The number of nitrogens with zero attached hydrogens (tertiary/aromatic N) is 5. The third-order valence-corrected chi connectivity index (χ3v) is 8.58. The zero-order chi connectivity index (χ0) is 27.0. The highest BCUT2D eigenvalue weighted by Crippen LogP contribution is 2.46. The minimum Gasteiger partial charge on any atom is -0.463 e. The molecule has 2 aromatic carbocycles. The number of rotatable bonds is 8. The van der Waals surface area contributed by atoms with Gasteiger partial charge in [0.15, 0.2) is 0 Å². The third-order valence-electron chi connectivity index (χ3n) is 8.58. The average Bonchev–Trinajstić information content (AvgIpc) is 3.73. The van der Waals surface area contributed by atoms with Gasteiger partial charge in [0.2, 0.25) is 0 Å². The van der Waals surface area contributed by atoms with Gasteiger partial charge >= 0.3 is 6.01 Å². The molecule has 2 aliphatic heterocycles. The van der Waals surface area contributed by atoms with Crippen LogP contribution in [0.4, 0.5) is 11.5 Å². The van der Waals surface area contributed by atoms with Gasteiger partial charge in [-0.25, -0.2) is 0 Å². The molecule has 208 valence electrons. The SMILES string of the molecule is CCc1cccc2cccc(N3CCc4c(nc(OCC5(CN(C)C)CC5)nc4N4CCCOC(C)C4)C3)c12. The molecule has 3 heterocycles. The van der Waals surface area contributed by atoms with Crippen molar-refractivity contribution in [1.29, 1.82) is 0 Å². The topological polar surface area (TPSA) is 54.0 Å². The second kappa shape index (κ2) is 10.9. The highest BCUT2D eigenvalue weighted by atomic mass is 16.5. The molecule has 1 saturated carbocycles. The molecular formula is C32H43N5O2. The monoisotopic (exact) mass is 529 g/mol.